The summed E-state index contributed by atoms with van der Waals surface area (Å²) >= 11 is 11.1. The number of hydrogen-bond donors (Lipinski definition) is 0. The highest BCUT2D eigenvalue weighted by atomic mass is 79.9. The van der Waals surface area contributed by atoms with E-state index in [4.69, 9.17) is 11.6 Å². The summed E-state index contributed by atoms with van der Waals surface area (Å²) in [5, 5.41) is 3.34. The van der Waals surface area contributed by atoms with Crippen molar-refractivity contribution in [2.75, 3.05) is 0 Å². The van der Waals surface area contributed by atoms with Crippen molar-refractivity contribution >= 4 is 54.7 Å². The SMILES string of the molecule is O=C(c1ccc(Br)cc1Cl)c1csc2ccccc12. The van der Waals surface area contributed by atoms with Crippen LogP contribution in [0.3, 0.4) is 0 Å². The predicted molar refractivity (Wildman–Crippen MR) is 84.4 cm³/mol. The molecule has 0 saturated carbocycles. The van der Waals surface area contributed by atoms with E-state index in [1.807, 2.05) is 35.7 Å². The summed E-state index contributed by atoms with van der Waals surface area (Å²) in [5.41, 5.74) is 1.25. The second-order valence-corrected chi connectivity index (χ2v) is 6.33. The zero-order valence-corrected chi connectivity index (χ0v) is 12.8. The number of ketones is 1. The molecular weight excluding hydrogens is 344 g/mol. The first-order valence-electron chi connectivity index (χ1n) is 5.63. The standard InChI is InChI=1S/C15H8BrClOS/c16-9-5-6-11(13(17)7-9)15(18)12-8-19-14-4-2-1-3-10(12)14/h1-8H. The second-order valence-electron chi connectivity index (χ2n) is 4.10. The van der Waals surface area contributed by atoms with Gasteiger partial charge >= 0.3 is 0 Å². The van der Waals surface area contributed by atoms with Crippen molar-refractivity contribution in [1.29, 1.82) is 0 Å². The fourth-order valence-electron chi connectivity index (χ4n) is 1.97. The van der Waals surface area contributed by atoms with Crippen molar-refractivity contribution in [2.24, 2.45) is 0 Å². The summed E-state index contributed by atoms with van der Waals surface area (Å²) in [7, 11) is 0. The first-order valence-corrected chi connectivity index (χ1v) is 7.68. The fourth-order valence-corrected chi connectivity index (χ4v) is 3.67. The molecule has 0 bridgehead atoms. The van der Waals surface area contributed by atoms with Gasteiger partial charge in [-0.1, -0.05) is 45.7 Å². The van der Waals surface area contributed by atoms with Crippen LogP contribution < -0.4 is 0 Å². The molecule has 0 spiro atoms. The maximum Gasteiger partial charge on any atom is 0.195 e. The number of benzene rings is 2. The molecule has 0 aliphatic carbocycles. The minimum atomic E-state index is -0.0325. The van der Waals surface area contributed by atoms with Crippen LogP contribution in [0.1, 0.15) is 15.9 Å². The molecule has 0 unspecified atom stereocenters. The van der Waals surface area contributed by atoms with Gasteiger partial charge in [-0.15, -0.1) is 11.3 Å². The third-order valence-corrected chi connectivity index (χ3v) is 4.67. The van der Waals surface area contributed by atoms with Crippen molar-refractivity contribution in [2.45, 2.75) is 0 Å². The minimum absolute atomic E-state index is 0.0325. The topological polar surface area (TPSA) is 17.1 Å². The fraction of sp³-hybridized carbons (Fsp3) is 0. The van der Waals surface area contributed by atoms with E-state index in [1.165, 1.54) is 0 Å². The maximum atomic E-state index is 12.6. The van der Waals surface area contributed by atoms with Gasteiger partial charge < -0.3 is 0 Å². The summed E-state index contributed by atoms with van der Waals surface area (Å²) in [6.07, 6.45) is 0. The molecule has 94 valence electrons. The van der Waals surface area contributed by atoms with Crippen molar-refractivity contribution in [3.8, 4) is 0 Å². The molecule has 4 heteroatoms. The Bertz CT molecular complexity index is 779. The normalized spacial score (nSPS) is 10.8. The molecule has 0 aliphatic heterocycles. The first kappa shape index (κ1) is 12.9. The molecule has 1 aromatic heterocycles. The molecule has 1 nitrogen and oxygen atoms in total. The van der Waals surface area contributed by atoms with Crippen LogP contribution >= 0.6 is 38.9 Å². The molecule has 3 aromatic rings. The predicted octanol–water partition coefficient (Wildman–Crippen LogP) is 5.55. The lowest BCUT2D eigenvalue weighted by atomic mass is 10.0. The Morgan fingerprint density at radius 2 is 1.89 bits per heavy atom. The average molecular weight is 352 g/mol. The van der Waals surface area contributed by atoms with Crippen LogP contribution in [0.4, 0.5) is 0 Å². The Hall–Kier alpha value is -1.16. The lowest BCUT2D eigenvalue weighted by molar-refractivity contribution is 0.104. The lowest BCUT2D eigenvalue weighted by Crippen LogP contribution is -2.01. The Kier molecular flexibility index (Phi) is 3.44. The molecule has 2 aromatic carbocycles. The van der Waals surface area contributed by atoms with E-state index in [2.05, 4.69) is 15.9 Å². The van der Waals surface area contributed by atoms with Crippen molar-refractivity contribution in [1.82, 2.24) is 0 Å². The molecule has 19 heavy (non-hydrogen) atoms. The van der Waals surface area contributed by atoms with Crippen LogP contribution in [-0.2, 0) is 0 Å². The van der Waals surface area contributed by atoms with Crippen LogP contribution in [0.2, 0.25) is 5.02 Å². The van der Waals surface area contributed by atoms with Gasteiger partial charge in [-0.05, 0) is 24.3 Å². The number of carbonyl (C=O) groups is 1. The molecule has 3 rings (SSSR count). The molecular formula is C15H8BrClOS. The highest BCUT2D eigenvalue weighted by Gasteiger charge is 2.16. The van der Waals surface area contributed by atoms with Gasteiger partial charge in [-0.3, -0.25) is 4.79 Å². The van der Waals surface area contributed by atoms with E-state index in [0.717, 1.165) is 14.6 Å². The van der Waals surface area contributed by atoms with Gasteiger partial charge in [-0.25, -0.2) is 0 Å². The van der Waals surface area contributed by atoms with Crippen molar-refractivity contribution < 1.29 is 4.79 Å². The summed E-state index contributed by atoms with van der Waals surface area (Å²) in [5.74, 6) is -0.0325. The number of carbonyl (C=O) groups excluding carboxylic acids is 1. The van der Waals surface area contributed by atoms with Crippen molar-refractivity contribution in [3.63, 3.8) is 0 Å². The molecule has 0 amide bonds. The molecule has 0 N–H and O–H groups in total. The van der Waals surface area contributed by atoms with E-state index >= 15 is 0 Å². The Morgan fingerprint density at radius 3 is 2.68 bits per heavy atom. The molecule has 0 saturated heterocycles. The van der Waals surface area contributed by atoms with E-state index in [9.17, 15) is 4.79 Å². The van der Waals surface area contributed by atoms with E-state index in [-0.39, 0.29) is 5.78 Å². The minimum Gasteiger partial charge on any atom is -0.289 e. The van der Waals surface area contributed by atoms with Gasteiger partial charge in [0.2, 0.25) is 0 Å². The third-order valence-electron chi connectivity index (χ3n) is 2.90. The summed E-state index contributed by atoms with van der Waals surface area (Å²) in [6.45, 7) is 0. The smallest absolute Gasteiger partial charge is 0.195 e. The number of thiophene rings is 1. The zero-order chi connectivity index (χ0) is 13.4. The van der Waals surface area contributed by atoms with E-state index in [1.54, 1.807) is 23.5 Å². The quantitative estimate of drug-likeness (QED) is 0.553. The largest absolute Gasteiger partial charge is 0.289 e. The number of fused-ring (bicyclic) bond motifs is 1. The average Bonchev–Trinajstić information content (AvgIpc) is 2.82. The van der Waals surface area contributed by atoms with Gasteiger partial charge in [0.1, 0.15) is 0 Å². The maximum absolute atomic E-state index is 12.6. The summed E-state index contributed by atoms with van der Waals surface area (Å²) in [4.78, 5) is 12.6. The second kappa shape index (κ2) is 5.08. The Balaban J connectivity index is 2.13. The highest BCUT2D eigenvalue weighted by molar-refractivity contribution is 9.10. The van der Waals surface area contributed by atoms with Crippen LogP contribution in [0.5, 0.6) is 0 Å². The number of rotatable bonds is 2. The van der Waals surface area contributed by atoms with Crippen LogP contribution in [0, 0.1) is 0 Å². The van der Waals surface area contributed by atoms with Crippen LogP contribution in [0.25, 0.3) is 10.1 Å². The lowest BCUT2D eigenvalue weighted by Gasteiger charge is -2.03. The summed E-state index contributed by atoms with van der Waals surface area (Å²) < 4.78 is 1.98. The summed E-state index contributed by atoms with van der Waals surface area (Å²) in [6, 6.07) is 13.2. The highest BCUT2D eigenvalue weighted by Crippen LogP contribution is 2.30. The van der Waals surface area contributed by atoms with E-state index < -0.39 is 0 Å². The molecule has 1 heterocycles. The van der Waals surface area contributed by atoms with Crippen molar-refractivity contribution in [3.05, 3.63) is 68.5 Å². The molecule has 0 fully saturated rings. The van der Waals surface area contributed by atoms with E-state index in [0.29, 0.717) is 16.1 Å². The number of halogens is 2. The van der Waals surface area contributed by atoms with Gasteiger partial charge in [0.05, 0.1) is 5.02 Å². The molecule has 0 radical (unpaired) electrons. The third kappa shape index (κ3) is 2.34. The van der Waals surface area contributed by atoms with Crippen LogP contribution in [-0.4, -0.2) is 5.78 Å². The first-order chi connectivity index (χ1) is 9.16. The molecule has 0 atom stereocenters. The van der Waals surface area contributed by atoms with Gasteiger partial charge in [0, 0.05) is 31.1 Å². The Morgan fingerprint density at radius 1 is 1.11 bits per heavy atom. The van der Waals surface area contributed by atoms with Gasteiger partial charge in [-0.2, -0.15) is 0 Å². The monoisotopic (exact) mass is 350 g/mol. The Labute approximate surface area is 128 Å². The van der Waals surface area contributed by atoms with Crippen LogP contribution in [0.15, 0.2) is 52.3 Å². The zero-order valence-electron chi connectivity index (χ0n) is 9.69. The number of hydrogen-bond acceptors (Lipinski definition) is 2. The molecule has 0 aliphatic rings. The van der Waals surface area contributed by atoms with Gasteiger partial charge in [0.25, 0.3) is 0 Å². The van der Waals surface area contributed by atoms with Gasteiger partial charge in [0.15, 0.2) is 5.78 Å².